The van der Waals surface area contributed by atoms with Crippen LogP contribution in [-0.2, 0) is 11.3 Å². The molecule has 0 atom stereocenters. The number of nitrogens with two attached hydrogens (primary N) is 1. The Morgan fingerprint density at radius 1 is 1.03 bits per heavy atom. The van der Waals surface area contributed by atoms with Gasteiger partial charge >= 0.3 is 5.97 Å². The van der Waals surface area contributed by atoms with Crippen molar-refractivity contribution in [2.24, 2.45) is 0 Å². The predicted molar refractivity (Wildman–Crippen MR) is 120 cm³/mol. The minimum atomic E-state index is -0.444. The molecule has 6 heteroatoms. The quantitative estimate of drug-likeness (QED) is 0.352. The molecule has 0 bridgehead atoms. The van der Waals surface area contributed by atoms with Crippen molar-refractivity contribution in [2.45, 2.75) is 39.7 Å². The van der Waals surface area contributed by atoms with Gasteiger partial charge in [-0.15, -0.1) is 0 Å². The molecule has 0 saturated heterocycles. The molecule has 2 N–H and O–H groups in total. The van der Waals surface area contributed by atoms with Crippen molar-refractivity contribution >= 4 is 34.0 Å². The van der Waals surface area contributed by atoms with Gasteiger partial charge in [-0.3, -0.25) is 0 Å². The highest BCUT2D eigenvalue weighted by Gasteiger charge is 2.25. The van der Waals surface area contributed by atoms with E-state index < -0.39 is 5.97 Å². The zero-order valence-electron chi connectivity index (χ0n) is 17.4. The Kier molecular flexibility index (Phi) is 5.65. The number of carbonyl (C=O) groups is 1. The Labute approximate surface area is 175 Å². The van der Waals surface area contributed by atoms with Gasteiger partial charge in [0.15, 0.2) is 5.65 Å². The lowest BCUT2D eigenvalue weighted by atomic mass is 10.1. The van der Waals surface area contributed by atoms with Gasteiger partial charge in [-0.25, -0.2) is 14.8 Å². The first-order chi connectivity index (χ1) is 14.6. The second kappa shape index (κ2) is 8.53. The third-order valence-electron chi connectivity index (χ3n) is 5.24. The summed E-state index contributed by atoms with van der Waals surface area (Å²) < 4.78 is 7.36. The molecule has 4 rings (SSSR count). The Morgan fingerprint density at radius 3 is 2.43 bits per heavy atom. The minimum absolute atomic E-state index is 0.298. The maximum Gasteiger partial charge on any atom is 0.344 e. The topological polar surface area (TPSA) is 83.0 Å². The summed E-state index contributed by atoms with van der Waals surface area (Å²) in [5.74, 6) is -0.109. The smallest absolute Gasteiger partial charge is 0.344 e. The van der Waals surface area contributed by atoms with E-state index in [0.29, 0.717) is 35.7 Å². The van der Waals surface area contributed by atoms with Gasteiger partial charge in [-0.05, 0) is 31.0 Å². The Balaban J connectivity index is 1.81. The lowest BCUT2D eigenvalue weighted by Gasteiger charge is -2.09. The van der Waals surface area contributed by atoms with Gasteiger partial charge in [-0.1, -0.05) is 61.7 Å². The molecule has 6 nitrogen and oxygen atoms in total. The third-order valence-corrected chi connectivity index (χ3v) is 5.24. The fourth-order valence-electron chi connectivity index (χ4n) is 3.54. The molecular weight excluding hydrogens is 376 g/mol. The first kappa shape index (κ1) is 19.9. The molecule has 30 heavy (non-hydrogen) atoms. The minimum Gasteiger partial charge on any atom is -0.462 e. The van der Waals surface area contributed by atoms with Crippen molar-refractivity contribution < 1.29 is 9.53 Å². The highest BCUT2D eigenvalue weighted by molar-refractivity contribution is 6.08. The van der Waals surface area contributed by atoms with Crippen molar-refractivity contribution in [2.75, 3.05) is 12.3 Å². The second-order valence-electron chi connectivity index (χ2n) is 7.56. The van der Waals surface area contributed by atoms with Crippen LogP contribution in [-0.4, -0.2) is 27.1 Å². The Morgan fingerprint density at radius 2 is 1.73 bits per heavy atom. The van der Waals surface area contributed by atoms with Gasteiger partial charge < -0.3 is 15.0 Å². The number of hydrogen-bond donors (Lipinski definition) is 1. The summed E-state index contributed by atoms with van der Waals surface area (Å²) in [4.78, 5) is 22.4. The summed E-state index contributed by atoms with van der Waals surface area (Å²) in [7, 11) is 0. The number of fused-ring (bicyclic) bond motifs is 2. The van der Waals surface area contributed by atoms with Crippen molar-refractivity contribution in [1.29, 1.82) is 0 Å². The number of anilines is 1. The van der Waals surface area contributed by atoms with Crippen LogP contribution in [0.15, 0.2) is 48.5 Å². The molecule has 0 radical (unpaired) electrons. The van der Waals surface area contributed by atoms with E-state index in [1.54, 1.807) is 0 Å². The number of aromatic nitrogens is 3. The molecule has 4 aromatic rings. The number of rotatable bonds is 7. The zero-order chi connectivity index (χ0) is 21.1. The molecule has 0 saturated carbocycles. The summed E-state index contributed by atoms with van der Waals surface area (Å²) in [5.41, 5.74) is 11.6. The van der Waals surface area contributed by atoms with Gasteiger partial charge in [0.2, 0.25) is 0 Å². The molecule has 0 amide bonds. The molecular formula is C24H26N4O2. The summed E-state index contributed by atoms with van der Waals surface area (Å²) in [5, 5.41) is 0. The summed E-state index contributed by atoms with van der Waals surface area (Å²) in [6.45, 7) is 5.03. The number of para-hydroxylation sites is 2. The van der Waals surface area contributed by atoms with Crippen molar-refractivity contribution in [3.05, 3.63) is 65.2 Å². The SMILES string of the molecule is CCCCCOC(=O)c1c(N)n(Cc2ccc(C)cc2)c2nc3ccccc3nc12. The van der Waals surface area contributed by atoms with Crippen LogP contribution < -0.4 is 5.73 Å². The number of aryl methyl sites for hydroxylation is 1. The highest BCUT2D eigenvalue weighted by Crippen LogP contribution is 2.29. The van der Waals surface area contributed by atoms with E-state index >= 15 is 0 Å². The van der Waals surface area contributed by atoms with Gasteiger partial charge in [0.1, 0.15) is 16.9 Å². The second-order valence-corrected chi connectivity index (χ2v) is 7.56. The summed E-state index contributed by atoms with van der Waals surface area (Å²) in [6.07, 6.45) is 2.91. The third kappa shape index (κ3) is 3.85. The normalized spacial score (nSPS) is 11.3. The number of nitrogens with zero attached hydrogens (tertiary/aromatic N) is 3. The van der Waals surface area contributed by atoms with E-state index in [4.69, 9.17) is 20.4 Å². The fourth-order valence-corrected chi connectivity index (χ4v) is 3.54. The first-order valence-electron chi connectivity index (χ1n) is 10.4. The predicted octanol–water partition coefficient (Wildman–Crippen LogP) is 4.87. The molecule has 0 fully saturated rings. The standard InChI is InChI=1S/C24H26N4O2/c1-3-4-7-14-30-24(29)20-21-23(27-19-9-6-5-8-18(19)26-21)28(22(20)25)15-17-12-10-16(2)11-13-17/h5-6,8-13H,3-4,7,14-15,25H2,1-2H3. The molecule has 2 aromatic carbocycles. The Hall–Kier alpha value is -3.41. The zero-order valence-corrected chi connectivity index (χ0v) is 17.4. The maximum atomic E-state index is 12.9. The molecule has 2 heterocycles. The average molecular weight is 402 g/mol. The number of hydrogen-bond acceptors (Lipinski definition) is 5. The number of esters is 1. The van der Waals surface area contributed by atoms with Crippen LogP contribution >= 0.6 is 0 Å². The molecule has 0 spiro atoms. The van der Waals surface area contributed by atoms with Gasteiger partial charge in [0.05, 0.1) is 24.2 Å². The lowest BCUT2D eigenvalue weighted by molar-refractivity contribution is 0.0501. The summed E-state index contributed by atoms with van der Waals surface area (Å²) >= 11 is 0. The highest BCUT2D eigenvalue weighted by atomic mass is 16.5. The molecule has 0 unspecified atom stereocenters. The molecule has 2 aromatic heterocycles. The molecule has 154 valence electrons. The number of benzene rings is 2. The monoisotopic (exact) mass is 402 g/mol. The van der Waals surface area contributed by atoms with E-state index in [1.807, 2.05) is 35.8 Å². The van der Waals surface area contributed by atoms with Gasteiger partial charge in [-0.2, -0.15) is 0 Å². The van der Waals surface area contributed by atoms with Gasteiger partial charge in [0.25, 0.3) is 0 Å². The van der Waals surface area contributed by atoms with E-state index in [-0.39, 0.29) is 0 Å². The van der Waals surface area contributed by atoms with Gasteiger partial charge in [0, 0.05) is 0 Å². The maximum absolute atomic E-state index is 12.9. The van der Waals surface area contributed by atoms with E-state index in [9.17, 15) is 4.79 Å². The lowest BCUT2D eigenvalue weighted by Crippen LogP contribution is -2.11. The van der Waals surface area contributed by atoms with Crippen LogP contribution in [0.25, 0.3) is 22.2 Å². The largest absolute Gasteiger partial charge is 0.462 e. The fraction of sp³-hybridized carbons (Fsp3) is 0.292. The average Bonchev–Trinajstić information content (AvgIpc) is 3.01. The van der Waals surface area contributed by atoms with E-state index in [2.05, 4.69) is 31.2 Å². The first-order valence-corrected chi connectivity index (χ1v) is 10.4. The molecule has 0 aliphatic rings. The van der Waals surface area contributed by atoms with Crippen LogP contribution in [0.1, 0.15) is 47.7 Å². The Bertz CT molecular complexity index is 1200. The van der Waals surface area contributed by atoms with Crippen LogP contribution in [0.5, 0.6) is 0 Å². The van der Waals surface area contributed by atoms with Crippen LogP contribution in [0, 0.1) is 6.92 Å². The van der Waals surface area contributed by atoms with Crippen molar-refractivity contribution in [3.8, 4) is 0 Å². The number of ether oxygens (including phenoxy) is 1. The molecule has 0 aliphatic carbocycles. The van der Waals surface area contributed by atoms with E-state index in [1.165, 1.54) is 5.56 Å². The number of nitrogen functional groups attached to an aromatic ring is 1. The van der Waals surface area contributed by atoms with E-state index in [0.717, 1.165) is 35.9 Å². The van der Waals surface area contributed by atoms with Crippen LogP contribution in [0.3, 0.4) is 0 Å². The van der Waals surface area contributed by atoms with Crippen molar-refractivity contribution in [3.63, 3.8) is 0 Å². The number of unbranched alkanes of at least 4 members (excludes halogenated alkanes) is 2. The number of carbonyl (C=O) groups excluding carboxylic acids is 1. The summed E-state index contributed by atoms with van der Waals surface area (Å²) in [6, 6.07) is 15.8. The van der Waals surface area contributed by atoms with Crippen molar-refractivity contribution in [1.82, 2.24) is 14.5 Å². The van der Waals surface area contributed by atoms with Crippen LogP contribution in [0.4, 0.5) is 5.82 Å². The van der Waals surface area contributed by atoms with Crippen LogP contribution in [0.2, 0.25) is 0 Å². The molecule has 0 aliphatic heterocycles.